The van der Waals surface area contributed by atoms with Crippen molar-refractivity contribution in [3.63, 3.8) is 0 Å². The molecular weight excluding hydrogens is 266 g/mol. The fourth-order valence-electron chi connectivity index (χ4n) is 2.73. The second-order valence-corrected chi connectivity index (χ2v) is 5.45. The van der Waals surface area contributed by atoms with E-state index in [2.05, 4.69) is 10.2 Å². The molecule has 1 fully saturated rings. The van der Waals surface area contributed by atoms with Crippen molar-refractivity contribution in [1.82, 2.24) is 14.6 Å². The third-order valence-electron chi connectivity index (χ3n) is 3.72. The van der Waals surface area contributed by atoms with E-state index in [1.54, 1.807) is 10.6 Å². The maximum Gasteiger partial charge on any atom is 0.337 e. The molecule has 0 amide bonds. The summed E-state index contributed by atoms with van der Waals surface area (Å²) < 4.78 is 1.71. The van der Waals surface area contributed by atoms with Gasteiger partial charge in [-0.15, -0.1) is 10.2 Å². The summed E-state index contributed by atoms with van der Waals surface area (Å²) in [4.78, 5) is 11.1. The lowest BCUT2D eigenvalue weighted by atomic mass is 10.0. The first-order valence-electron chi connectivity index (χ1n) is 6.41. The summed E-state index contributed by atoms with van der Waals surface area (Å²) in [5, 5.41) is 17.6. The lowest BCUT2D eigenvalue weighted by Gasteiger charge is -2.07. The van der Waals surface area contributed by atoms with Gasteiger partial charge in [-0.2, -0.15) is 0 Å². The number of aromatic carboxylic acids is 1. The lowest BCUT2D eigenvalue weighted by molar-refractivity contribution is 0.0696. The molecule has 0 spiro atoms. The summed E-state index contributed by atoms with van der Waals surface area (Å²) >= 11 is 6.05. The Morgan fingerprint density at radius 1 is 1.42 bits per heavy atom. The van der Waals surface area contributed by atoms with Crippen LogP contribution in [0.25, 0.3) is 5.65 Å². The first kappa shape index (κ1) is 12.4. The number of pyridine rings is 1. The summed E-state index contributed by atoms with van der Waals surface area (Å²) in [6.07, 6.45) is 7.34. The monoisotopic (exact) mass is 279 g/mol. The normalized spacial score (nSPS) is 16.3. The Labute approximate surface area is 115 Å². The Morgan fingerprint density at radius 2 is 2.16 bits per heavy atom. The number of carboxylic acids is 1. The SMILES string of the molecule is O=C(O)c1cc(Cl)c2nnc(CC3CCCC3)n2c1. The Balaban J connectivity index is 2.02. The highest BCUT2D eigenvalue weighted by molar-refractivity contribution is 6.33. The zero-order chi connectivity index (χ0) is 13.4. The van der Waals surface area contributed by atoms with Gasteiger partial charge in [-0.25, -0.2) is 4.79 Å². The number of carboxylic acid groups (broad SMARTS) is 1. The Kier molecular flexibility index (Phi) is 3.14. The van der Waals surface area contributed by atoms with Crippen molar-refractivity contribution >= 4 is 23.2 Å². The van der Waals surface area contributed by atoms with Crippen LogP contribution in [0, 0.1) is 5.92 Å². The van der Waals surface area contributed by atoms with Gasteiger partial charge in [0.15, 0.2) is 5.65 Å². The summed E-state index contributed by atoms with van der Waals surface area (Å²) in [6.45, 7) is 0. The summed E-state index contributed by atoms with van der Waals surface area (Å²) in [5.41, 5.74) is 0.685. The van der Waals surface area contributed by atoms with Gasteiger partial charge < -0.3 is 5.11 Å². The molecule has 1 aliphatic carbocycles. The standard InChI is InChI=1S/C13H14ClN3O2/c14-10-6-9(13(18)19)7-17-11(15-16-12(10)17)5-8-3-1-2-4-8/h6-8H,1-5H2,(H,18,19). The lowest BCUT2D eigenvalue weighted by Crippen LogP contribution is -2.05. The van der Waals surface area contributed by atoms with Crippen molar-refractivity contribution in [2.75, 3.05) is 0 Å². The fraction of sp³-hybridized carbons (Fsp3) is 0.462. The maximum absolute atomic E-state index is 11.1. The molecule has 3 rings (SSSR count). The molecule has 0 unspecified atom stereocenters. The van der Waals surface area contributed by atoms with E-state index >= 15 is 0 Å². The van der Waals surface area contributed by atoms with Crippen molar-refractivity contribution < 1.29 is 9.90 Å². The van der Waals surface area contributed by atoms with Crippen molar-refractivity contribution in [3.05, 3.63) is 28.7 Å². The first-order valence-corrected chi connectivity index (χ1v) is 6.79. The number of fused-ring (bicyclic) bond motifs is 1. The van der Waals surface area contributed by atoms with Gasteiger partial charge in [0.25, 0.3) is 0 Å². The van der Waals surface area contributed by atoms with Gasteiger partial charge >= 0.3 is 5.97 Å². The molecule has 0 saturated heterocycles. The second-order valence-electron chi connectivity index (χ2n) is 5.05. The number of nitrogens with zero attached hydrogens (tertiary/aromatic N) is 3. The molecule has 6 heteroatoms. The van der Waals surface area contributed by atoms with Crippen molar-refractivity contribution in [2.45, 2.75) is 32.1 Å². The summed E-state index contributed by atoms with van der Waals surface area (Å²) in [5.74, 6) is 0.427. The molecule has 0 aliphatic heterocycles. The van der Waals surface area contributed by atoms with E-state index in [1.807, 2.05) is 0 Å². The molecule has 1 saturated carbocycles. The van der Waals surface area contributed by atoms with E-state index in [1.165, 1.54) is 31.7 Å². The largest absolute Gasteiger partial charge is 0.478 e. The van der Waals surface area contributed by atoms with E-state index in [4.69, 9.17) is 16.7 Å². The molecule has 100 valence electrons. The predicted molar refractivity (Wildman–Crippen MR) is 70.6 cm³/mol. The number of carbonyl (C=O) groups is 1. The summed E-state index contributed by atoms with van der Waals surface area (Å²) in [7, 11) is 0. The van der Waals surface area contributed by atoms with Gasteiger partial charge in [-0.3, -0.25) is 4.40 Å². The van der Waals surface area contributed by atoms with Crippen LogP contribution in [0.2, 0.25) is 5.02 Å². The number of aromatic nitrogens is 3. The minimum atomic E-state index is -0.996. The molecule has 0 atom stereocenters. The van der Waals surface area contributed by atoms with E-state index in [0.29, 0.717) is 16.6 Å². The molecule has 1 N–H and O–H groups in total. The van der Waals surface area contributed by atoms with E-state index in [9.17, 15) is 4.79 Å². The molecule has 2 aromatic heterocycles. The smallest absolute Gasteiger partial charge is 0.337 e. The minimum Gasteiger partial charge on any atom is -0.478 e. The highest BCUT2D eigenvalue weighted by Gasteiger charge is 2.20. The Bertz CT molecular complexity index is 632. The molecule has 0 bridgehead atoms. The first-order chi connectivity index (χ1) is 9.15. The molecule has 5 nitrogen and oxygen atoms in total. The summed E-state index contributed by atoms with van der Waals surface area (Å²) in [6, 6.07) is 1.41. The van der Waals surface area contributed by atoms with Gasteiger partial charge in [-0.1, -0.05) is 37.3 Å². The number of hydrogen-bond donors (Lipinski definition) is 1. The highest BCUT2D eigenvalue weighted by atomic mass is 35.5. The van der Waals surface area contributed by atoms with Crippen molar-refractivity contribution in [2.24, 2.45) is 5.92 Å². The second kappa shape index (κ2) is 4.81. The molecule has 0 radical (unpaired) electrons. The third kappa shape index (κ3) is 2.30. The average Bonchev–Trinajstić information content (AvgIpc) is 3.00. The molecular formula is C13H14ClN3O2. The van der Waals surface area contributed by atoms with E-state index < -0.39 is 5.97 Å². The zero-order valence-electron chi connectivity index (χ0n) is 10.3. The van der Waals surface area contributed by atoms with Gasteiger partial charge in [0.2, 0.25) is 0 Å². The molecule has 2 heterocycles. The van der Waals surface area contributed by atoms with Crippen LogP contribution in [0.1, 0.15) is 41.9 Å². The number of rotatable bonds is 3. The van der Waals surface area contributed by atoms with Gasteiger partial charge in [0.05, 0.1) is 10.6 Å². The van der Waals surface area contributed by atoms with Crippen LogP contribution >= 0.6 is 11.6 Å². The van der Waals surface area contributed by atoms with Crippen LogP contribution in [0.4, 0.5) is 0 Å². The predicted octanol–water partition coefficient (Wildman–Crippen LogP) is 2.81. The average molecular weight is 280 g/mol. The zero-order valence-corrected chi connectivity index (χ0v) is 11.1. The Morgan fingerprint density at radius 3 is 2.84 bits per heavy atom. The van der Waals surface area contributed by atoms with Gasteiger partial charge in [0.1, 0.15) is 5.82 Å². The Hall–Kier alpha value is -1.62. The van der Waals surface area contributed by atoms with Crippen LogP contribution in [-0.2, 0) is 6.42 Å². The molecule has 1 aliphatic rings. The fourth-order valence-corrected chi connectivity index (χ4v) is 2.97. The van der Waals surface area contributed by atoms with Crippen LogP contribution < -0.4 is 0 Å². The van der Waals surface area contributed by atoms with E-state index in [-0.39, 0.29) is 5.56 Å². The molecule has 0 aromatic carbocycles. The van der Waals surface area contributed by atoms with Gasteiger partial charge in [-0.05, 0) is 12.0 Å². The molecule has 2 aromatic rings. The van der Waals surface area contributed by atoms with Crippen LogP contribution in [-0.4, -0.2) is 25.7 Å². The molecule has 19 heavy (non-hydrogen) atoms. The minimum absolute atomic E-state index is 0.157. The van der Waals surface area contributed by atoms with Crippen LogP contribution in [0.5, 0.6) is 0 Å². The van der Waals surface area contributed by atoms with Crippen molar-refractivity contribution in [1.29, 1.82) is 0 Å². The highest BCUT2D eigenvalue weighted by Crippen LogP contribution is 2.28. The van der Waals surface area contributed by atoms with Crippen LogP contribution in [0.3, 0.4) is 0 Å². The van der Waals surface area contributed by atoms with Crippen molar-refractivity contribution in [3.8, 4) is 0 Å². The third-order valence-corrected chi connectivity index (χ3v) is 4.00. The number of hydrogen-bond acceptors (Lipinski definition) is 3. The maximum atomic E-state index is 11.1. The topological polar surface area (TPSA) is 67.5 Å². The van der Waals surface area contributed by atoms with Crippen LogP contribution in [0.15, 0.2) is 12.3 Å². The quantitative estimate of drug-likeness (QED) is 0.938. The van der Waals surface area contributed by atoms with Gasteiger partial charge in [0, 0.05) is 12.6 Å². The van der Waals surface area contributed by atoms with E-state index in [0.717, 1.165) is 12.2 Å². The number of halogens is 1.